The SMILES string of the molecule is C=NN(/C=C\C)CC(C)=O. The molecule has 0 rings (SSSR count). The van der Waals surface area contributed by atoms with Crippen LogP contribution in [0.15, 0.2) is 17.4 Å². The number of rotatable bonds is 4. The Morgan fingerprint density at radius 1 is 1.80 bits per heavy atom. The minimum Gasteiger partial charge on any atom is -0.298 e. The third kappa shape index (κ3) is 3.83. The van der Waals surface area contributed by atoms with Gasteiger partial charge in [0.15, 0.2) is 5.78 Å². The second-order valence-corrected chi connectivity index (χ2v) is 1.92. The summed E-state index contributed by atoms with van der Waals surface area (Å²) in [6, 6.07) is 0. The second-order valence-electron chi connectivity index (χ2n) is 1.92. The van der Waals surface area contributed by atoms with Crippen molar-refractivity contribution >= 4 is 12.5 Å². The molecule has 0 aliphatic heterocycles. The summed E-state index contributed by atoms with van der Waals surface area (Å²) < 4.78 is 0. The largest absolute Gasteiger partial charge is 0.298 e. The van der Waals surface area contributed by atoms with Crippen LogP contribution in [0, 0.1) is 0 Å². The number of ketones is 1. The van der Waals surface area contributed by atoms with Crippen LogP contribution in [0.1, 0.15) is 13.8 Å². The first-order chi connectivity index (χ1) is 4.70. The normalized spacial score (nSPS) is 9.80. The number of carbonyl (C=O) groups is 1. The zero-order valence-corrected chi connectivity index (χ0v) is 6.37. The summed E-state index contributed by atoms with van der Waals surface area (Å²) in [6.45, 7) is 6.98. The van der Waals surface area contributed by atoms with Gasteiger partial charge in [-0.3, -0.25) is 9.80 Å². The molecule has 0 N–H and O–H groups in total. The Hall–Kier alpha value is -1.12. The van der Waals surface area contributed by atoms with E-state index in [-0.39, 0.29) is 5.78 Å². The Kier molecular flexibility index (Phi) is 4.20. The molecule has 0 aromatic carbocycles. The first-order valence-corrected chi connectivity index (χ1v) is 3.06. The maximum Gasteiger partial charge on any atom is 0.151 e. The smallest absolute Gasteiger partial charge is 0.151 e. The van der Waals surface area contributed by atoms with Gasteiger partial charge in [0.25, 0.3) is 0 Å². The lowest BCUT2D eigenvalue weighted by atomic mass is 10.4. The summed E-state index contributed by atoms with van der Waals surface area (Å²) in [5, 5.41) is 5.08. The monoisotopic (exact) mass is 140 g/mol. The molecule has 0 heterocycles. The van der Waals surface area contributed by atoms with Crippen LogP contribution in [0.3, 0.4) is 0 Å². The van der Waals surface area contributed by atoms with Gasteiger partial charge in [0.05, 0.1) is 6.54 Å². The molecule has 0 saturated heterocycles. The maximum atomic E-state index is 10.5. The number of carbonyl (C=O) groups excluding carboxylic acids is 1. The molecule has 0 radical (unpaired) electrons. The molecule has 0 saturated carbocycles. The molecule has 0 atom stereocenters. The fourth-order valence-electron chi connectivity index (χ4n) is 0.550. The van der Waals surface area contributed by atoms with Crippen molar-refractivity contribution in [2.75, 3.05) is 6.54 Å². The Morgan fingerprint density at radius 3 is 2.70 bits per heavy atom. The maximum absolute atomic E-state index is 10.5. The average molecular weight is 140 g/mol. The van der Waals surface area contributed by atoms with Crippen molar-refractivity contribution in [1.29, 1.82) is 0 Å². The van der Waals surface area contributed by atoms with E-state index in [0.29, 0.717) is 6.54 Å². The molecule has 0 spiro atoms. The fourth-order valence-corrected chi connectivity index (χ4v) is 0.550. The molecule has 3 nitrogen and oxygen atoms in total. The van der Waals surface area contributed by atoms with Crippen LogP contribution in [0.5, 0.6) is 0 Å². The third-order valence-electron chi connectivity index (χ3n) is 0.887. The summed E-state index contributed by atoms with van der Waals surface area (Å²) in [5.41, 5.74) is 0. The lowest BCUT2D eigenvalue weighted by molar-refractivity contribution is -0.117. The van der Waals surface area contributed by atoms with Crippen LogP contribution in [-0.2, 0) is 4.79 Å². The number of hydrazone groups is 1. The Bertz CT molecular complexity index is 152. The molecule has 0 unspecified atom stereocenters. The first-order valence-electron chi connectivity index (χ1n) is 3.06. The molecular formula is C7H12N2O. The van der Waals surface area contributed by atoms with Crippen molar-refractivity contribution in [3.05, 3.63) is 12.3 Å². The molecule has 0 amide bonds. The number of hydrogen-bond donors (Lipinski definition) is 0. The molecule has 0 aromatic rings. The zero-order valence-electron chi connectivity index (χ0n) is 6.37. The van der Waals surface area contributed by atoms with Crippen LogP contribution in [-0.4, -0.2) is 24.1 Å². The highest BCUT2D eigenvalue weighted by molar-refractivity contribution is 5.77. The van der Waals surface area contributed by atoms with Crippen LogP contribution < -0.4 is 0 Å². The van der Waals surface area contributed by atoms with Gasteiger partial charge in [-0.05, 0) is 13.8 Å². The van der Waals surface area contributed by atoms with Crippen LogP contribution in [0.2, 0.25) is 0 Å². The standard InChI is InChI=1S/C7H12N2O/c1-4-5-9(8-3)6-7(2)10/h4-5H,3,6H2,1-2H3/b5-4-. The predicted octanol–water partition coefficient (Wildman–Crippen LogP) is 1.03. The van der Waals surface area contributed by atoms with Crippen molar-refractivity contribution in [2.45, 2.75) is 13.8 Å². The van der Waals surface area contributed by atoms with Crippen LogP contribution in [0.4, 0.5) is 0 Å². The number of allylic oxidation sites excluding steroid dienone is 1. The minimum absolute atomic E-state index is 0.0745. The van der Waals surface area contributed by atoms with Crippen molar-refractivity contribution in [2.24, 2.45) is 5.10 Å². The van der Waals surface area contributed by atoms with Gasteiger partial charge in [-0.1, -0.05) is 6.08 Å². The molecule has 0 aliphatic rings. The second kappa shape index (κ2) is 4.73. The molecule has 10 heavy (non-hydrogen) atoms. The van der Waals surface area contributed by atoms with Crippen LogP contribution >= 0.6 is 0 Å². The third-order valence-corrected chi connectivity index (χ3v) is 0.887. The van der Waals surface area contributed by atoms with Gasteiger partial charge in [0.2, 0.25) is 0 Å². The summed E-state index contributed by atoms with van der Waals surface area (Å²) in [6.07, 6.45) is 3.51. The van der Waals surface area contributed by atoms with E-state index < -0.39 is 0 Å². The molecule has 0 bridgehead atoms. The van der Waals surface area contributed by atoms with E-state index >= 15 is 0 Å². The van der Waals surface area contributed by atoms with Crippen molar-refractivity contribution < 1.29 is 4.79 Å². The highest BCUT2D eigenvalue weighted by Crippen LogP contribution is 1.89. The molecule has 0 aliphatic carbocycles. The Labute approximate surface area is 61.0 Å². The molecular weight excluding hydrogens is 128 g/mol. The lowest BCUT2D eigenvalue weighted by Crippen LogP contribution is -2.17. The summed E-state index contributed by atoms with van der Waals surface area (Å²) >= 11 is 0. The van der Waals surface area contributed by atoms with Gasteiger partial charge < -0.3 is 0 Å². The van der Waals surface area contributed by atoms with Gasteiger partial charge >= 0.3 is 0 Å². The number of nitrogens with zero attached hydrogens (tertiary/aromatic N) is 2. The quantitative estimate of drug-likeness (QED) is 0.431. The Balaban J connectivity index is 3.83. The zero-order chi connectivity index (χ0) is 7.98. The van der Waals surface area contributed by atoms with E-state index in [1.807, 2.05) is 6.92 Å². The summed E-state index contributed by atoms with van der Waals surface area (Å²) in [7, 11) is 0. The van der Waals surface area contributed by atoms with E-state index in [2.05, 4.69) is 11.8 Å². The van der Waals surface area contributed by atoms with Crippen LogP contribution in [0.25, 0.3) is 0 Å². The number of hydrogen-bond acceptors (Lipinski definition) is 3. The average Bonchev–Trinajstić information content (AvgIpc) is 1.86. The van der Waals surface area contributed by atoms with E-state index in [1.54, 1.807) is 12.3 Å². The van der Waals surface area contributed by atoms with Crippen molar-refractivity contribution in [3.63, 3.8) is 0 Å². The van der Waals surface area contributed by atoms with Gasteiger partial charge in [0.1, 0.15) is 0 Å². The fraction of sp³-hybridized carbons (Fsp3) is 0.429. The van der Waals surface area contributed by atoms with E-state index in [1.165, 1.54) is 11.9 Å². The topological polar surface area (TPSA) is 32.7 Å². The molecule has 0 aromatic heterocycles. The van der Waals surface area contributed by atoms with E-state index in [0.717, 1.165) is 0 Å². The summed E-state index contributed by atoms with van der Waals surface area (Å²) in [5.74, 6) is 0.0745. The highest BCUT2D eigenvalue weighted by Gasteiger charge is 1.96. The van der Waals surface area contributed by atoms with E-state index in [4.69, 9.17) is 0 Å². The van der Waals surface area contributed by atoms with Gasteiger partial charge in [-0.2, -0.15) is 5.10 Å². The summed E-state index contributed by atoms with van der Waals surface area (Å²) in [4.78, 5) is 10.5. The lowest BCUT2D eigenvalue weighted by Gasteiger charge is -2.09. The first kappa shape index (κ1) is 8.88. The van der Waals surface area contributed by atoms with Crippen molar-refractivity contribution in [3.8, 4) is 0 Å². The van der Waals surface area contributed by atoms with Crippen molar-refractivity contribution in [1.82, 2.24) is 5.01 Å². The highest BCUT2D eigenvalue weighted by atomic mass is 16.1. The van der Waals surface area contributed by atoms with Gasteiger partial charge in [0, 0.05) is 12.9 Å². The Morgan fingerprint density at radius 2 is 2.40 bits per heavy atom. The minimum atomic E-state index is 0.0745. The molecule has 56 valence electrons. The number of Topliss-reactive ketones (excluding diaryl/α,β-unsaturated/α-hetero) is 1. The van der Waals surface area contributed by atoms with Gasteiger partial charge in [-0.25, -0.2) is 0 Å². The van der Waals surface area contributed by atoms with Gasteiger partial charge in [-0.15, -0.1) is 0 Å². The predicted molar refractivity (Wildman–Crippen MR) is 41.8 cm³/mol. The van der Waals surface area contributed by atoms with E-state index in [9.17, 15) is 4.79 Å². The molecule has 0 fully saturated rings. The molecule has 3 heteroatoms.